The summed E-state index contributed by atoms with van der Waals surface area (Å²) in [5, 5.41) is 20.2. The molecule has 0 fully saturated rings. The van der Waals surface area contributed by atoms with Gasteiger partial charge in [-0.15, -0.1) is 0 Å². The van der Waals surface area contributed by atoms with Crippen molar-refractivity contribution in [3.63, 3.8) is 0 Å². The van der Waals surface area contributed by atoms with Gasteiger partial charge in [-0.05, 0) is 61.1 Å². The van der Waals surface area contributed by atoms with Crippen LogP contribution in [0.2, 0.25) is 5.02 Å². The maximum Gasteiger partial charge on any atom is 0.336 e. The van der Waals surface area contributed by atoms with E-state index in [4.69, 9.17) is 11.6 Å². The quantitative estimate of drug-likeness (QED) is 0.294. The van der Waals surface area contributed by atoms with Crippen molar-refractivity contribution in [1.29, 1.82) is 0 Å². The standard InChI is InChI=1S/C25H39ClO4/c1-16(2)12-8-6-10-14-19-18(5)23(26)20(15-11-7-9-13-17(3)4)22(25(29)30)21(19)24(27)28/h16-17H,6-15H2,1-5H3,(H,27,28)(H,29,30). The summed E-state index contributed by atoms with van der Waals surface area (Å²) in [6.07, 6.45) is 9.09. The van der Waals surface area contributed by atoms with Crippen LogP contribution in [0.3, 0.4) is 0 Å². The lowest BCUT2D eigenvalue weighted by Crippen LogP contribution is -2.17. The number of hydrogen-bond acceptors (Lipinski definition) is 2. The van der Waals surface area contributed by atoms with Crippen LogP contribution >= 0.6 is 11.6 Å². The minimum Gasteiger partial charge on any atom is -0.478 e. The number of hydrogen-bond donors (Lipinski definition) is 2. The van der Waals surface area contributed by atoms with E-state index in [-0.39, 0.29) is 11.1 Å². The van der Waals surface area contributed by atoms with E-state index in [0.29, 0.717) is 40.8 Å². The molecule has 1 aromatic carbocycles. The lowest BCUT2D eigenvalue weighted by Gasteiger charge is -2.19. The average Bonchev–Trinajstić information content (AvgIpc) is 2.64. The Bertz CT molecular complexity index is 662. The van der Waals surface area contributed by atoms with Crippen molar-refractivity contribution in [2.24, 2.45) is 11.8 Å². The first-order valence-electron chi connectivity index (χ1n) is 11.4. The number of rotatable bonds is 14. The zero-order valence-corrected chi connectivity index (χ0v) is 20.1. The van der Waals surface area contributed by atoms with Crippen LogP contribution in [0, 0.1) is 18.8 Å². The highest BCUT2D eigenvalue weighted by molar-refractivity contribution is 6.33. The van der Waals surface area contributed by atoms with Gasteiger partial charge in [0.2, 0.25) is 0 Å². The molecular weight excluding hydrogens is 400 g/mol. The first-order chi connectivity index (χ1) is 14.1. The van der Waals surface area contributed by atoms with E-state index in [0.717, 1.165) is 56.9 Å². The fourth-order valence-corrected chi connectivity index (χ4v) is 4.34. The number of aromatic carboxylic acids is 2. The third-order valence-corrected chi connectivity index (χ3v) is 6.26. The van der Waals surface area contributed by atoms with Gasteiger partial charge < -0.3 is 10.2 Å². The minimum atomic E-state index is -1.20. The molecule has 2 N–H and O–H groups in total. The number of carboxylic acids is 2. The highest BCUT2D eigenvalue weighted by Gasteiger charge is 2.28. The van der Waals surface area contributed by atoms with Gasteiger partial charge in [0.15, 0.2) is 0 Å². The van der Waals surface area contributed by atoms with Crippen molar-refractivity contribution in [1.82, 2.24) is 0 Å². The molecular formula is C25H39ClO4. The molecule has 0 aliphatic rings. The van der Waals surface area contributed by atoms with Crippen molar-refractivity contribution in [3.8, 4) is 0 Å². The summed E-state index contributed by atoms with van der Waals surface area (Å²) in [5.74, 6) is -1.09. The lowest BCUT2D eigenvalue weighted by molar-refractivity contribution is 0.0649. The largest absolute Gasteiger partial charge is 0.478 e. The van der Waals surface area contributed by atoms with Crippen LogP contribution in [0.5, 0.6) is 0 Å². The molecule has 0 bridgehead atoms. The fraction of sp³-hybridized carbons (Fsp3) is 0.680. The first-order valence-corrected chi connectivity index (χ1v) is 11.8. The Morgan fingerprint density at radius 2 is 1.13 bits per heavy atom. The molecule has 0 aliphatic carbocycles. The van der Waals surface area contributed by atoms with Gasteiger partial charge >= 0.3 is 11.9 Å². The zero-order valence-electron chi connectivity index (χ0n) is 19.3. The van der Waals surface area contributed by atoms with Crippen molar-refractivity contribution >= 4 is 23.5 Å². The Kier molecular flexibility index (Phi) is 11.5. The van der Waals surface area contributed by atoms with Gasteiger partial charge in [0.05, 0.1) is 11.1 Å². The molecule has 1 rings (SSSR count). The monoisotopic (exact) mass is 438 g/mol. The second-order valence-electron chi connectivity index (χ2n) is 9.24. The number of carboxylic acid groups (broad SMARTS) is 2. The van der Waals surface area contributed by atoms with Gasteiger partial charge in [0, 0.05) is 5.02 Å². The summed E-state index contributed by atoms with van der Waals surface area (Å²) in [6, 6.07) is 0. The Morgan fingerprint density at radius 3 is 1.53 bits per heavy atom. The van der Waals surface area contributed by atoms with Gasteiger partial charge in [0.1, 0.15) is 0 Å². The van der Waals surface area contributed by atoms with E-state index in [1.807, 2.05) is 6.92 Å². The Balaban J connectivity index is 3.13. The molecule has 170 valence electrons. The Morgan fingerprint density at radius 1 is 0.733 bits per heavy atom. The minimum absolute atomic E-state index is 0.0644. The highest BCUT2D eigenvalue weighted by atomic mass is 35.5. The van der Waals surface area contributed by atoms with E-state index < -0.39 is 11.9 Å². The van der Waals surface area contributed by atoms with Crippen molar-refractivity contribution in [3.05, 3.63) is 32.8 Å². The molecule has 1 aromatic rings. The third-order valence-electron chi connectivity index (χ3n) is 5.74. The van der Waals surface area contributed by atoms with Crippen LogP contribution in [0.15, 0.2) is 0 Å². The van der Waals surface area contributed by atoms with Crippen LogP contribution in [-0.4, -0.2) is 22.2 Å². The van der Waals surface area contributed by atoms with Crippen molar-refractivity contribution in [2.45, 2.75) is 98.8 Å². The fourth-order valence-electron chi connectivity index (χ4n) is 4.04. The molecule has 0 heterocycles. The predicted octanol–water partition coefficient (Wildman–Crippen LogP) is 7.56. The summed E-state index contributed by atoms with van der Waals surface area (Å²) < 4.78 is 0. The summed E-state index contributed by atoms with van der Waals surface area (Å²) >= 11 is 6.61. The van der Waals surface area contributed by atoms with Gasteiger partial charge in [-0.3, -0.25) is 0 Å². The molecule has 0 saturated carbocycles. The summed E-state index contributed by atoms with van der Waals surface area (Å²) in [5.41, 5.74) is 1.61. The first kappa shape index (κ1) is 26.5. The van der Waals surface area contributed by atoms with Crippen LogP contribution in [0.25, 0.3) is 0 Å². The zero-order chi connectivity index (χ0) is 22.8. The van der Waals surface area contributed by atoms with Crippen LogP contribution in [0.1, 0.15) is 116 Å². The number of carbonyl (C=O) groups is 2. The number of benzene rings is 1. The molecule has 0 saturated heterocycles. The van der Waals surface area contributed by atoms with Crippen molar-refractivity contribution in [2.75, 3.05) is 0 Å². The number of unbranched alkanes of at least 4 members (excludes halogenated alkanes) is 4. The molecule has 0 spiro atoms. The summed E-state index contributed by atoms with van der Waals surface area (Å²) in [4.78, 5) is 24.2. The molecule has 0 atom stereocenters. The third kappa shape index (κ3) is 7.94. The SMILES string of the molecule is Cc1c(Cl)c(CCCCCC(C)C)c(C(=O)O)c(C(=O)O)c1CCCCCC(C)C. The van der Waals surface area contributed by atoms with Crippen molar-refractivity contribution < 1.29 is 19.8 Å². The smallest absolute Gasteiger partial charge is 0.336 e. The van der Waals surface area contributed by atoms with Gasteiger partial charge in [0.25, 0.3) is 0 Å². The molecule has 30 heavy (non-hydrogen) atoms. The molecule has 4 nitrogen and oxygen atoms in total. The highest BCUT2D eigenvalue weighted by Crippen LogP contribution is 2.34. The summed E-state index contributed by atoms with van der Waals surface area (Å²) in [7, 11) is 0. The van der Waals surface area contributed by atoms with Crippen LogP contribution in [-0.2, 0) is 12.8 Å². The Labute approximate surface area is 187 Å². The van der Waals surface area contributed by atoms with E-state index >= 15 is 0 Å². The second kappa shape index (κ2) is 13.0. The van der Waals surface area contributed by atoms with E-state index in [2.05, 4.69) is 27.7 Å². The van der Waals surface area contributed by atoms with E-state index in [9.17, 15) is 19.8 Å². The van der Waals surface area contributed by atoms with Gasteiger partial charge in [-0.2, -0.15) is 0 Å². The molecule has 0 aromatic heterocycles. The second-order valence-corrected chi connectivity index (χ2v) is 9.62. The van der Waals surface area contributed by atoms with Gasteiger partial charge in [-0.1, -0.05) is 77.8 Å². The number of halogens is 1. The van der Waals surface area contributed by atoms with Crippen LogP contribution in [0.4, 0.5) is 0 Å². The van der Waals surface area contributed by atoms with Gasteiger partial charge in [-0.25, -0.2) is 9.59 Å². The maximum atomic E-state index is 12.1. The van der Waals surface area contributed by atoms with E-state index in [1.54, 1.807) is 0 Å². The van der Waals surface area contributed by atoms with E-state index in [1.165, 1.54) is 0 Å². The molecule has 0 amide bonds. The molecule has 0 unspecified atom stereocenters. The average molecular weight is 439 g/mol. The Hall–Kier alpha value is -1.55. The van der Waals surface area contributed by atoms with Crippen LogP contribution < -0.4 is 0 Å². The topological polar surface area (TPSA) is 74.6 Å². The molecule has 0 aliphatic heterocycles. The molecule has 0 radical (unpaired) electrons. The molecule has 5 heteroatoms. The normalized spacial score (nSPS) is 11.5. The predicted molar refractivity (Wildman–Crippen MR) is 124 cm³/mol. The maximum absolute atomic E-state index is 12.1. The summed E-state index contributed by atoms with van der Waals surface area (Å²) in [6.45, 7) is 10.6. The lowest BCUT2D eigenvalue weighted by atomic mass is 9.87.